The minimum absolute atomic E-state index is 1.14. The molecule has 0 saturated heterocycles. The average Bonchev–Trinajstić information content (AvgIpc) is 3.87. The predicted octanol–water partition coefficient (Wildman–Crippen LogP) is 16.2. The highest BCUT2D eigenvalue weighted by atomic mass is 15.0. The highest BCUT2D eigenvalue weighted by Gasteiger charge is 2.17. The lowest BCUT2D eigenvalue weighted by Gasteiger charge is -2.18. The second-order valence-electron chi connectivity index (χ2n) is 16.1. The van der Waals surface area contributed by atoms with Crippen molar-refractivity contribution in [1.29, 1.82) is 0 Å². The van der Waals surface area contributed by atoms with E-state index in [1.54, 1.807) is 0 Å². The maximum atomic E-state index is 2.40. The molecule has 0 radical (unpaired) electrons. The highest BCUT2D eigenvalue weighted by molar-refractivity contribution is 6.10. The molecule has 0 bridgehead atoms. The van der Waals surface area contributed by atoms with Crippen molar-refractivity contribution in [2.75, 3.05) is 0 Å². The summed E-state index contributed by atoms with van der Waals surface area (Å²) in [6, 6.07) is 88.5. The molecule has 290 valence electrons. The molecule has 0 unspecified atom stereocenters. The van der Waals surface area contributed by atoms with Crippen LogP contribution in [-0.4, -0.2) is 9.13 Å². The van der Waals surface area contributed by atoms with Crippen LogP contribution < -0.4 is 0 Å². The van der Waals surface area contributed by atoms with Gasteiger partial charge in [0.15, 0.2) is 0 Å². The summed E-state index contributed by atoms with van der Waals surface area (Å²) in [5, 5.41) is 5.05. The molecular formula is C60H40N2. The zero-order valence-corrected chi connectivity index (χ0v) is 34.0. The maximum Gasteiger partial charge on any atom is 0.0541 e. The molecule has 0 aliphatic carbocycles. The predicted molar refractivity (Wildman–Crippen MR) is 262 cm³/mol. The molecule has 0 saturated carbocycles. The number of hydrogen-bond donors (Lipinski definition) is 0. The number of benzene rings is 10. The van der Waals surface area contributed by atoms with Crippen LogP contribution in [0.4, 0.5) is 0 Å². The van der Waals surface area contributed by atoms with Crippen LogP contribution in [0.5, 0.6) is 0 Å². The Morgan fingerprint density at radius 3 is 0.952 bits per heavy atom. The van der Waals surface area contributed by atoms with Crippen molar-refractivity contribution in [1.82, 2.24) is 9.13 Å². The first-order valence-electron chi connectivity index (χ1n) is 21.3. The minimum Gasteiger partial charge on any atom is -0.309 e. The summed E-state index contributed by atoms with van der Waals surface area (Å²) >= 11 is 0. The topological polar surface area (TPSA) is 9.86 Å². The summed E-state index contributed by atoms with van der Waals surface area (Å²) in [5.41, 5.74) is 19.0. The molecule has 0 atom stereocenters. The van der Waals surface area contributed by atoms with Crippen molar-refractivity contribution in [3.05, 3.63) is 243 Å². The van der Waals surface area contributed by atoms with Gasteiger partial charge in [0, 0.05) is 32.9 Å². The van der Waals surface area contributed by atoms with Crippen molar-refractivity contribution in [2.24, 2.45) is 0 Å². The average molecular weight is 789 g/mol. The number of aromatic nitrogens is 2. The van der Waals surface area contributed by atoms with Crippen molar-refractivity contribution < 1.29 is 0 Å². The second kappa shape index (κ2) is 14.8. The van der Waals surface area contributed by atoms with E-state index in [0.717, 1.165) is 11.4 Å². The summed E-state index contributed by atoms with van der Waals surface area (Å²) in [5.74, 6) is 0. The van der Waals surface area contributed by atoms with E-state index < -0.39 is 0 Å². The number of para-hydroxylation sites is 4. The standard InChI is InChI=1S/C60H40N2/c1-3-15-41(16-4-1)45-31-37-49(42-17-5-2-6-18-42)56(39-45)46-32-38-50(43-27-33-47(34-28-43)61-57-23-11-7-19-51(57)52-20-8-12-24-58(52)61)55(40-46)44-29-35-48(36-30-44)62-59-25-13-9-21-53(59)54-22-10-14-26-60(54)62/h1-40H. The lowest BCUT2D eigenvalue weighted by Crippen LogP contribution is -1.95. The summed E-state index contributed by atoms with van der Waals surface area (Å²) in [4.78, 5) is 0. The lowest BCUT2D eigenvalue weighted by atomic mass is 9.87. The third-order valence-electron chi connectivity index (χ3n) is 12.6. The van der Waals surface area contributed by atoms with E-state index in [1.807, 2.05) is 0 Å². The van der Waals surface area contributed by atoms with Gasteiger partial charge in [-0.3, -0.25) is 0 Å². The normalized spacial score (nSPS) is 11.5. The van der Waals surface area contributed by atoms with Gasteiger partial charge in [0.25, 0.3) is 0 Å². The fourth-order valence-corrected chi connectivity index (χ4v) is 9.65. The SMILES string of the molecule is c1ccc(-c2ccc(-c3ccccc3)c(-c3ccc(-c4ccc(-n5c6ccccc6c6ccccc65)cc4)c(-c4ccc(-n5c6ccccc6c6ccccc65)cc4)c3)c2)cc1. The fraction of sp³-hybridized carbons (Fsp3) is 0. The molecule has 0 aliphatic heterocycles. The Bertz CT molecular complexity index is 3490. The van der Waals surface area contributed by atoms with Crippen molar-refractivity contribution in [2.45, 2.75) is 0 Å². The van der Waals surface area contributed by atoms with E-state index in [9.17, 15) is 0 Å². The van der Waals surface area contributed by atoms with Gasteiger partial charge in [-0.1, -0.05) is 182 Å². The monoisotopic (exact) mass is 788 g/mol. The van der Waals surface area contributed by atoms with Crippen molar-refractivity contribution in [3.8, 4) is 67.0 Å². The molecular weight excluding hydrogens is 749 g/mol. The minimum atomic E-state index is 1.14. The van der Waals surface area contributed by atoms with Crippen LogP contribution in [-0.2, 0) is 0 Å². The number of nitrogens with zero attached hydrogens (tertiary/aromatic N) is 2. The zero-order chi connectivity index (χ0) is 41.0. The van der Waals surface area contributed by atoms with Gasteiger partial charge in [-0.05, 0) is 116 Å². The lowest BCUT2D eigenvalue weighted by molar-refractivity contribution is 1.18. The molecule has 0 fully saturated rings. The van der Waals surface area contributed by atoms with Gasteiger partial charge in [-0.2, -0.15) is 0 Å². The van der Waals surface area contributed by atoms with Gasteiger partial charge in [0.05, 0.1) is 22.1 Å². The van der Waals surface area contributed by atoms with Crippen LogP contribution in [0.25, 0.3) is 111 Å². The van der Waals surface area contributed by atoms with Crippen molar-refractivity contribution in [3.63, 3.8) is 0 Å². The molecule has 0 N–H and O–H groups in total. The van der Waals surface area contributed by atoms with Gasteiger partial charge >= 0.3 is 0 Å². The molecule has 62 heavy (non-hydrogen) atoms. The molecule has 12 aromatic rings. The molecule has 2 aromatic heterocycles. The molecule has 0 aliphatic rings. The molecule has 2 heteroatoms. The summed E-state index contributed by atoms with van der Waals surface area (Å²) < 4.78 is 4.77. The van der Waals surface area contributed by atoms with Crippen molar-refractivity contribution >= 4 is 43.6 Å². The van der Waals surface area contributed by atoms with E-state index in [1.165, 1.54) is 99.2 Å². The van der Waals surface area contributed by atoms with Gasteiger partial charge in [0.1, 0.15) is 0 Å². The van der Waals surface area contributed by atoms with Gasteiger partial charge < -0.3 is 9.13 Å². The summed E-state index contributed by atoms with van der Waals surface area (Å²) in [7, 11) is 0. The Morgan fingerprint density at radius 1 is 0.194 bits per heavy atom. The first kappa shape index (κ1) is 35.7. The first-order valence-corrected chi connectivity index (χ1v) is 21.3. The van der Waals surface area contributed by atoms with Crippen LogP contribution in [0.1, 0.15) is 0 Å². The van der Waals surface area contributed by atoms with Crippen LogP contribution in [0.3, 0.4) is 0 Å². The van der Waals surface area contributed by atoms with E-state index in [0.29, 0.717) is 0 Å². The Morgan fingerprint density at radius 2 is 0.500 bits per heavy atom. The molecule has 10 aromatic carbocycles. The second-order valence-corrected chi connectivity index (χ2v) is 16.1. The number of rotatable bonds is 7. The van der Waals surface area contributed by atoms with Gasteiger partial charge in [-0.15, -0.1) is 0 Å². The number of hydrogen-bond acceptors (Lipinski definition) is 0. The Kier molecular flexibility index (Phi) is 8.53. The highest BCUT2D eigenvalue weighted by Crippen LogP contribution is 2.42. The van der Waals surface area contributed by atoms with Crippen LogP contribution in [0.2, 0.25) is 0 Å². The third kappa shape index (κ3) is 5.96. The van der Waals surface area contributed by atoms with E-state index in [2.05, 4.69) is 252 Å². The van der Waals surface area contributed by atoms with Crippen LogP contribution in [0, 0.1) is 0 Å². The van der Waals surface area contributed by atoms with E-state index in [-0.39, 0.29) is 0 Å². The molecule has 2 heterocycles. The van der Waals surface area contributed by atoms with Crippen LogP contribution in [0.15, 0.2) is 243 Å². The summed E-state index contributed by atoms with van der Waals surface area (Å²) in [6.07, 6.45) is 0. The van der Waals surface area contributed by atoms with Gasteiger partial charge in [-0.25, -0.2) is 0 Å². The molecule has 2 nitrogen and oxygen atoms in total. The Balaban J connectivity index is 1.03. The smallest absolute Gasteiger partial charge is 0.0541 e. The Hall–Kier alpha value is -8.20. The molecule has 12 rings (SSSR count). The maximum absolute atomic E-state index is 2.40. The van der Waals surface area contributed by atoms with E-state index in [4.69, 9.17) is 0 Å². The number of fused-ring (bicyclic) bond motifs is 6. The third-order valence-corrected chi connectivity index (χ3v) is 12.6. The van der Waals surface area contributed by atoms with E-state index >= 15 is 0 Å². The fourth-order valence-electron chi connectivity index (χ4n) is 9.65. The molecule has 0 spiro atoms. The van der Waals surface area contributed by atoms with Crippen LogP contribution >= 0.6 is 0 Å². The quantitative estimate of drug-likeness (QED) is 0.152. The Labute approximate surface area is 360 Å². The largest absolute Gasteiger partial charge is 0.309 e. The molecule has 0 amide bonds. The first-order chi connectivity index (χ1) is 30.8. The zero-order valence-electron chi connectivity index (χ0n) is 34.0. The summed E-state index contributed by atoms with van der Waals surface area (Å²) in [6.45, 7) is 0. The van der Waals surface area contributed by atoms with Gasteiger partial charge in [0.2, 0.25) is 0 Å².